The summed E-state index contributed by atoms with van der Waals surface area (Å²) in [4.78, 5) is 24.8. The second-order valence-corrected chi connectivity index (χ2v) is 9.10. The maximum atomic E-state index is 13.3. The summed E-state index contributed by atoms with van der Waals surface area (Å²) in [7, 11) is 1.77. The van der Waals surface area contributed by atoms with Crippen LogP contribution in [0.3, 0.4) is 0 Å². The van der Waals surface area contributed by atoms with Crippen LogP contribution in [0.15, 0.2) is 77.7 Å². The molecule has 0 fully saturated rings. The van der Waals surface area contributed by atoms with Crippen molar-refractivity contribution in [2.75, 3.05) is 11.9 Å². The van der Waals surface area contributed by atoms with Gasteiger partial charge in [-0.1, -0.05) is 54.1 Å². The summed E-state index contributed by atoms with van der Waals surface area (Å²) >= 11 is 0. The lowest BCUT2D eigenvalue weighted by Gasteiger charge is -2.13. The highest BCUT2D eigenvalue weighted by Gasteiger charge is 2.16. The molecule has 0 saturated carbocycles. The van der Waals surface area contributed by atoms with Crippen molar-refractivity contribution in [3.05, 3.63) is 106 Å². The number of nitrogens with zero attached hydrogens (tertiary/aromatic N) is 3. The molecule has 0 radical (unpaired) electrons. The van der Waals surface area contributed by atoms with Gasteiger partial charge in [-0.2, -0.15) is 5.10 Å². The molecule has 0 aliphatic heterocycles. The van der Waals surface area contributed by atoms with E-state index in [1.165, 1.54) is 5.56 Å². The SMILES string of the molecule is Cc1cc(CCNc2ccccc2C(=O)O)c2c(c1)c(=O)n(C)c1nn(CCc3ccccc3)cc21. The molecule has 0 saturated heterocycles. The van der Waals surface area contributed by atoms with Crippen LogP contribution in [-0.2, 0) is 26.4 Å². The molecule has 0 aliphatic rings. The number of aryl methyl sites for hydroxylation is 4. The molecule has 5 aromatic rings. The van der Waals surface area contributed by atoms with Gasteiger partial charge in [0.25, 0.3) is 5.56 Å². The van der Waals surface area contributed by atoms with Crippen LogP contribution in [0.25, 0.3) is 21.8 Å². The van der Waals surface area contributed by atoms with E-state index in [9.17, 15) is 14.7 Å². The van der Waals surface area contributed by atoms with Crippen molar-refractivity contribution in [1.29, 1.82) is 0 Å². The standard InChI is InChI=1S/C29H28N4O3/c1-19-16-21(12-14-30-25-11-7-6-10-22(25)29(35)36)26-23(17-19)28(34)32(2)27-24(26)18-33(31-27)15-13-20-8-4-3-5-9-20/h3-11,16-18,30H,12-15H2,1-2H3,(H,35,36). The first-order valence-corrected chi connectivity index (χ1v) is 12.0. The Morgan fingerprint density at radius 2 is 1.75 bits per heavy atom. The normalized spacial score (nSPS) is 11.3. The quantitative estimate of drug-likeness (QED) is 0.333. The minimum atomic E-state index is -0.966. The van der Waals surface area contributed by atoms with Crippen molar-refractivity contribution in [2.45, 2.75) is 26.3 Å². The number of nitrogens with one attached hydrogen (secondary N) is 1. The molecule has 2 aromatic heterocycles. The van der Waals surface area contributed by atoms with Crippen molar-refractivity contribution in [1.82, 2.24) is 14.3 Å². The number of hydrogen-bond donors (Lipinski definition) is 2. The molecule has 0 amide bonds. The smallest absolute Gasteiger partial charge is 0.337 e. The highest BCUT2D eigenvalue weighted by atomic mass is 16.4. The number of carboxylic acid groups (broad SMARTS) is 1. The van der Waals surface area contributed by atoms with Gasteiger partial charge in [-0.3, -0.25) is 14.0 Å². The van der Waals surface area contributed by atoms with E-state index >= 15 is 0 Å². The Morgan fingerprint density at radius 3 is 2.53 bits per heavy atom. The van der Waals surface area contributed by atoms with Crippen LogP contribution in [0.4, 0.5) is 5.69 Å². The average Bonchev–Trinajstić information content (AvgIpc) is 3.31. The summed E-state index contributed by atoms with van der Waals surface area (Å²) in [6.45, 7) is 3.23. The molecule has 7 nitrogen and oxygen atoms in total. The Balaban J connectivity index is 1.51. The van der Waals surface area contributed by atoms with Crippen molar-refractivity contribution in [3.63, 3.8) is 0 Å². The number of carbonyl (C=O) groups is 1. The lowest BCUT2D eigenvalue weighted by Crippen LogP contribution is -2.18. The predicted molar refractivity (Wildman–Crippen MR) is 143 cm³/mol. The zero-order chi connectivity index (χ0) is 25.2. The Kier molecular flexibility index (Phi) is 6.29. The number of rotatable bonds is 8. The fraction of sp³-hybridized carbons (Fsp3) is 0.207. The van der Waals surface area contributed by atoms with Gasteiger partial charge in [-0.15, -0.1) is 0 Å². The molecular formula is C29H28N4O3. The molecule has 182 valence electrons. The minimum Gasteiger partial charge on any atom is -0.478 e. The molecular weight excluding hydrogens is 452 g/mol. The van der Waals surface area contributed by atoms with Gasteiger partial charge in [0, 0.05) is 48.2 Å². The van der Waals surface area contributed by atoms with E-state index in [2.05, 4.69) is 23.5 Å². The molecule has 0 bridgehead atoms. The fourth-order valence-electron chi connectivity index (χ4n) is 4.82. The molecule has 0 spiro atoms. The molecule has 0 aliphatic carbocycles. The van der Waals surface area contributed by atoms with Gasteiger partial charge < -0.3 is 10.4 Å². The van der Waals surface area contributed by atoms with Gasteiger partial charge in [0.1, 0.15) is 0 Å². The summed E-state index contributed by atoms with van der Waals surface area (Å²) in [6, 6.07) is 21.2. The summed E-state index contributed by atoms with van der Waals surface area (Å²) in [5.74, 6) is -0.966. The van der Waals surface area contributed by atoms with Gasteiger partial charge in [0.05, 0.1) is 5.56 Å². The monoisotopic (exact) mass is 480 g/mol. The van der Waals surface area contributed by atoms with E-state index in [4.69, 9.17) is 5.10 Å². The van der Waals surface area contributed by atoms with Crippen molar-refractivity contribution in [2.24, 2.45) is 7.05 Å². The van der Waals surface area contributed by atoms with E-state index in [0.29, 0.717) is 36.2 Å². The zero-order valence-electron chi connectivity index (χ0n) is 20.4. The van der Waals surface area contributed by atoms with Gasteiger partial charge in [-0.25, -0.2) is 4.79 Å². The van der Waals surface area contributed by atoms with Crippen LogP contribution in [0.1, 0.15) is 27.0 Å². The highest BCUT2D eigenvalue weighted by molar-refractivity contribution is 6.06. The van der Waals surface area contributed by atoms with Gasteiger partial charge in [0.2, 0.25) is 0 Å². The number of carboxylic acids is 1. The van der Waals surface area contributed by atoms with Gasteiger partial charge >= 0.3 is 5.97 Å². The second kappa shape index (κ2) is 9.70. The number of benzene rings is 3. The van der Waals surface area contributed by atoms with E-state index in [1.807, 2.05) is 48.1 Å². The predicted octanol–water partition coefficient (Wildman–Crippen LogP) is 4.79. The minimum absolute atomic E-state index is 0.0695. The molecule has 2 N–H and O–H groups in total. The summed E-state index contributed by atoms with van der Waals surface area (Å²) in [6.07, 6.45) is 3.51. The van der Waals surface area contributed by atoms with Crippen LogP contribution in [0, 0.1) is 6.92 Å². The largest absolute Gasteiger partial charge is 0.478 e. The van der Waals surface area contributed by atoms with E-state index in [-0.39, 0.29) is 11.1 Å². The molecule has 7 heteroatoms. The van der Waals surface area contributed by atoms with Crippen LogP contribution in [0.5, 0.6) is 0 Å². The van der Waals surface area contributed by atoms with Crippen molar-refractivity contribution < 1.29 is 9.90 Å². The number of anilines is 1. The molecule has 3 aromatic carbocycles. The topological polar surface area (TPSA) is 89.2 Å². The fourth-order valence-corrected chi connectivity index (χ4v) is 4.82. The molecule has 0 atom stereocenters. The van der Waals surface area contributed by atoms with E-state index in [1.54, 1.807) is 29.8 Å². The van der Waals surface area contributed by atoms with Crippen LogP contribution >= 0.6 is 0 Å². The van der Waals surface area contributed by atoms with Crippen molar-refractivity contribution >= 4 is 33.5 Å². The first-order chi connectivity index (χ1) is 17.4. The van der Waals surface area contributed by atoms with Crippen LogP contribution in [0.2, 0.25) is 0 Å². The Morgan fingerprint density at radius 1 is 1.00 bits per heavy atom. The maximum Gasteiger partial charge on any atom is 0.337 e. The lowest BCUT2D eigenvalue weighted by molar-refractivity contribution is 0.0698. The first kappa shape index (κ1) is 23.4. The van der Waals surface area contributed by atoms with Gasteiger partial charge in [-0.05, 0) is 49.1 Å². The molecule has 0 unspecified atom stereocenters. The molecule has 36 heavy (non-hydrogen) atoms. The highest BCUT2D eigenvalue weighted by Crippen LogP contribution is 2.27. The number of hydrogen-bond acceptors (Lipinski definition) is 4. The van der Waals surface area contributed by atoms with Crippen LogP contribution in [-0.4, -0.2) is 32.0 Å². The first-order valence-electron chi connectivity index (χ1n) is 12.0. The van der Waals surface area contributed by atoms with Crippen molar-refractivity contribution in [3.8, 4) is 0 Å². The van der Waals surface area contributed by atoms with Crippen LogP contribution < -0.4 is 10.9 Å². The molecule has 2 heterocycles. The summed E-state index contributed by atoms with van der Waals surface area (Å²) in [5.41, 5.74) is 4.70. The Bertz CT molecular complexity index is 1630. The summed E-state index contributed by atoms with van der Waals surface area (Å²) in [5, 5.41) is 20.0. The van der Waals surface area contributed by atoms with E-state index in [0.717, 1.165) is 28.3 Å². The number of aromatic nitrogens is 3. The number of aromatic carboxylic acids is 1. The number of para-hydroxylation sites is 1. The third kappa shape index (κ3) is 4.47. The Labute approximate surface area is 208 Å². The third-order valence-electron chi connectivity index (χ3n) is 6.57. The maximum absolute atomic E-state index is 13.3. The summed E-state index contributed by atoms with van der Waals surface area (Å²) < 4.78 is 3.54. The van der Waals surface area contributed by atoms with Gasteiger partial charge in [0.15, 0.2) is 5.65 Å². The molecule has 5 rings (SSSR count). The average molecular weight is 481 g/mol. The number of fused-ring (bicyclic) bond motifs is 3. The Hall–Kier alpha value is -4.39. The van der Waals surface area contributed by atoms with E-state index < -0.39 is 5.97 Å². The third-order valence-corrected chi connectivity index (χ3v) is 6.57. The lowest BCUT2D eigenvalue weighted by atomic mass is 9.98. The number of pyridine rings is 1. The second-order valence-electron chi connectivity index (χ2n) is 9.10. The zero-order valence-corrected chi connectivity index (χ0v) is 20.4.